The Morgan fingerprint density at radius 2 is 2.10 bits per heavy atom. The number of benzene rings is 1. The van der Waals surface area contributed by atoms with Crippen LogP contribution in [0.5, 0.6) is 0 Å². The van der Waals surface area contributed by atoms with Crippen molar-refractivity contribution in [2.75, 3.05) is 0 Å². The summed E-state index contributed by atoms with van der Waals surface area (Å²) in [6.45, 7) is 2.14. The van der Waals surface area contributed by atoms with Gasteiger partial charge in [0.15, 0.2) is 0 Å². The van der Waals surface area contributed by atoms with Gasteiger partial charge in [0.1, 0.15) is 5.01 Å². The number of halogens is 1. The SMILES string of the molecule is CC(CCC(C(=O)NO)c1nccs1)c1ccc(Br)cc1. The Morgan fingerprint density at radius 3 is 2.67 bits per heavy atom. The average molecular weight is 369 g/mol. The first-order valence-electron chi connectivity index (χ1n) is 6.70. The lowest BCUT2D eigenvalue weighted by molar-refractivity contribution is -0.131. The molecule has 2 aromatic rings. The van der Waals surface area contributed by atoms with Crippen LogP contribution in [0.3, 0.4) is 0 Å². The Kier molecular flexibility index (Phi) is 5.90. The second kappa shape index (κ2) is 7.68. The maximum atomic E-state index is 11.8. The van der Waals surface area contributed by atoms with Gasteiger partial charge in [-0.15, -0.1) is 11.3 Å². The van der Waals surface area contributed by atoms with Gasteiger partial charge >= 0.3 is 0 Å². The van der Waals surface area contributed by atoms with Gasteiger partial charge in [-0.3, -0.25) is 10.0 Å². The van der Waals surface area contributed by atoms with Gasteiger partial charge < -0.3 is 0 Å². The first-order valence-corrected chi connectivity index (χ1v) is 8.38. The van der Waals surface area contributed by atoms with Crippen LogP contribution in [0.25, 0.3) is 0 Å². The number of hydrogen-bond donors (Lipinski definition) is 2. The van der Waals surface area contributed by atoms with Crippen molar-refractivity contribution in [1.82, 2.24) is 10.5 Å². The zero-order valence-corrected chi connectivity index (χ0v) is 14.0. The van der Waals surface area contributed by atoms with Crippen LogP contribution in [-0.2, 0) is 4.79 Å². The van der Waals surface area contributed by atoms with Gasteiger partial charge in [0, 0.05) is 16.0 Å². The quantitative estimate of drug-likeness (QED) is 0.596. The highest BCUT2D eigenvalue weighted by molar-refractivity contribution is 9.10. The van der Waals surface area contributed by atoms with Gasteiger partial charge in [-0.05, 0) is 36.5 Å². The van der Waals surface area contributed by atoms with Crippen molar-refractivity contribution in [2.45, 2.75) is 31.6 Å². The number of carbonyl (C=O) groups is 1. The molecule has 1 amide bonds. The molecule has 0 aliphatic heterocycles. The third kappa shape index (κ3) is 4.36. The monoisotopic (exact) mass is 368 g/mol. The molecule has 0 saturated carbocycles. The Morgan fingerprint density at radius 1 is 1.38 bits per heavy atom. The smallest absolute Gasteiger partial charge is 0.253 e. The zero-order valence-electron chi connectivity index (χ0n) is 11.6. The van der Waals surface area contributed by atoms with Crippen LogP contribution in [0, 0.1) is 0 Å². The van der Waals surface area contributed by atoms with E-state index in [1.165, 1.54) is 16.9 Å². The summed E-state index contributed by atoms with van der Waals surface area (Å²) in [5.41, 5.74) is 2.98. The van der Waals surface area contributed by atoms with Gasteiger partial charge in [0.2, 0.25) is 0 Å². The molecule has 0 saturated heterocycles. The maximum Gasteiger partial charge on any atom is 0.253 e. The highest BCUT2D eigenvalue weighted by Crippen LogP contribution is 2.29. The zero-order chi connectivity index (χ0) is 15.2. The number of aromatic nitrogens is 1. The highest BCUT2D eigenvalue weighted by atomic mass is 79.9. The summed E-state index contributed by atoms with van der Waals surface area (Å²) in [4.78, 5) is 16.0. The number of hydroxylamine groups is 1. The molecule has 2 N–H and O–H groups in total. The number of amides is 1. The second-order valence-electron chi connectivity index (χ2n) is 4.93. The maximum absolute atomic E-state index is 11.8. The molecule has 112 valence electrons. The van der Waals surface area contributed by atoms with Gasteiger partial charge in [0.05, 0.1) is 5.92 Å². The van der Waals surface area contributed by atoms with Crippen LogP contribution in [0.15, 0.2) is 40.3 Å². The predicted octanol–water partition coefficient (Wildman–Crippen LogP) is 4.08. The van der Waals surface area contributed by atoms with Gasteiger partial charge in [0.25, 0.3) is 5.91 Å². The Hall–Kier alpha value is -1.24. The van der Waals surface area contributed by atoms with Crippen molar-refractivity contribution in [3.05, 3.63) is 50.9 Å². The largest absolute Gasteiger partial charge is 0.289 e. The second-order valence-corrected chi connectivity index (χ2v) is 6.77. The van der Waals surface area contributed by atoms with Crippen LogP contribution >= 0.6 is 27.3 Å². The molecule has 0 spiro atoms. The first kappa shape index (κ1) is 16.1. The van der Waals surface area contributed by atoms with Crippen LogP contribution in [0.2, 0.25) is 0 Å². The number of hydrogen-bond acceptors (Lipinski definition) is 4. The van der Waals surface area contributed by atoms with Crippen LogP contribution in [-0.4, -0.2) is 16.1 Å². The number of nitrogens with zero attached hydrogens (tertiary/aromatic N) is 1. The normalized spacial score (nSPS) is 13.7. The van der Waals surface area contributed by atoms with E-state index in [2.05, 4.69) is 40.0 Å². The molecule has 0 aliphatic rings. The lowest BCUT2D eigenvalue weighted by Crippen LogP contribution is -2.26. The molecule has 6 heteroatoms. The van der Waals surface area contributed by atoms with Crippen molar-refractivity contribution in [3.63, 3.8) is 0 Å². The van der Waals surface area contributed by atoms with Gasteiger partial charge in [-0.2, -0.15) is 0 Å². The summed E-state index contributed by atoms with van der Waals surface area (Å²) < 4.78 is 1.05. The Bertz CT molecular complexity index is 572. The van der Waals surface area contributed by atoms with E-state index in [1.54, 1.807) is 11.7 Å². The molecule has 0 bridgehead atoms. The van der Waals surface area contributed by atoms with E-state index in [4.69, 9.17) is 5.21 Å². The number of carbonyl (C=O) groups excluding carboxylic acids is 1. The van der Waals surface area contributed by atoms with Crippen molar-refractivity contribution in [1.29, 1.82) is 0 Å². The minimum absolute atomic E-state index is 0.340. The number of nitrogens with one attached hydrogen (secondary N) is 1. The minimum Gasteiger partial charge on any atom is -0.289 e. The molecule has 2 unspecified atom stereocenters. The third-order valence-corrected chi connectivity index (χ3v) is 4.92. The molecule has 1 heterocycles. The van der Waals surface area contributed by atoms with Crippen molar-refractivity contribution >= 4 is 33.2 Å². The number of thiazole rings is 1. The van der Waals surface area contributed by atoms with Crippen LogP contribution < -0.4 is 5.48 Å². The molecule has 0 aliphatic carbocycles. The van der Waals surface area contributed by atoms with E-state index in [0.717, 1.165) is 15.9 Å². The topological polar surface area (TPSA) is 62.2 Å². The fourth-order valence-electron chi connectivity index (χ4n) is 2.23. The fourth-order valence-corrected chi connectivity index (χ4v) is 3.26. The molecular weight excluding hydrogens is 352 g/mol. The summed E-state index contributed by atoms with van der Waals surface area (Å²) >= 11 is 4.86. The predicted molar refractivity (Wildman–Crippen MR) is 86.6 cm³/mol. The van der Waals surface area contributed by atoms with E-state index >= 15 is 0 Å². The molecule has 2 rings (SSSR count). The van der Waals surface area contributed by atoms with Crippen molar-refractivity contribution in [3.8, 4) is 0 Å². The lowest BCUT2D eigenvalue weighted by Gasteiger charge is -2.16. The molecule has 0 radical (unpaired) electrons. The van der Waals surface area contributed by atoms with Gasteiger partial charge in [-0.1, -0.05) is 35.0 Å². The van der Waals surface area contributed by atoms with Crippen molar-refractivity contribution < 1.29 is 10.0 Å². The minimum atomic E-state index is -0.395. The molecule has 0 fully saturated rings. The summed E-state index contributed by atoms with van der Waals surface area (Å²) in [6, 6.07) is 8.20. The molecule has 2 atom stereocenters. The van der Waals surface area contributed by atoms with Crippen LogP contribution in [0.1, 0.15) is 42.2 Å². The summed E-state index contributed by atoms with van der Waals surface area (Å²) in [5.74, 6) is -0.451. The third-order valence-electron chi connectivity index (χ3n) is 3.50. The van der Waals surface area contributed by atoms with E-state index in [9.17, 15) is 4.79 Å². The van der Waals surface area contributed by atoms with E-state index in [-0.39, 0.29) is 0 Å². The van der Waals surface area contributed by atoms with E-state index in [1.807, 2.05) is 17.5 Å². The summed E-state index contributed by atoms with van der Waals surface area (Å²) in [6.07, 6.45) is 3.17. The molecule has 21 heavy (non-hydrogen) atoms. The molecule has 1 aromatic heterocycles. The van der Waals surface area contributed by atoms with E-state index < -0.39 is 11.8 Å². The molecule has 1 aromatic carbocycles. The lowest BCUT2D eigenvalue weighted by atomic mass is 9.91. The van der Waals surface area contributed by atoms with Gasteiger partial charge in [-0.25, -0.2) is 10.5 Å². The molecular formula is C15H17BrN2O2S. The fraction of sp³-hybridized carbons (Fsp3) is 0.333. The summed E-state index contributed by atoms with van der Waals surface area (Å²) in [5, 5.41) is 11.5. The average Bonchev–Trinajstić information content (AvgIpc) is 3.01. The first-order chi connectivity index (χ1) is 10.1. The standard InChI is InChI=1S/C15H17BrN2O2S/c1-10(11-3-5-12(16)6-4-11)2-7-13(14(19)18-20)15-17-8-9-21-15/h3-6,8-10,13,20H,2,7H2,1H3,(H,18,19). The molecule has 4 nitrogen and oxygen atoms in total. The van der Waals surface area contributed by atoms with E-state index in [0.29, 0.717) is 12.3 Å². The Balaban J connectivity index is 2.01. The number of rotatable bonds is 6. The highest BCUT2D eigenvalue weighted by Gasteiger charge is 2.23. The summed E-state index contributed by atoms with van der Waals surface area (Å²) in [7, 11) is 0. The van der Waals surface area contributed by atoms with Crippen LogP contribution in [0.4, 0.5) is 0 Å². The Labute approximate surface area is 136 Å². The van der Waals surface area contributed by atoms with Crippen molar-refractivity contribution in [2.24, 2.45) is 0 Å².